The van der Waals surface area contributed by atoms with Gasteiger partial charge in [0.1, 0.15) is 23.7 Å². The molecule has 4 heteroatoms. The van der Waals surface area contributed by atoms with Crippen molar-refractivity contribution < 1.29 is 8.83 Å². The van der Waals surface area contributed by atoms with Crippen LogP contribution in [0.5, 0.6) is 0 Å². The molecule has 0 aliphatic heterocycles. The zero-order chi connectivity index (χ0) is 13.9. The van der Waals surface area contributed by atoms with Crippen molar-refractivity contribution in [3.8, 4) is 0 Å². The number of furan rings is 2. The maximum Gasteiger partial charge on any atom is 0.135 e. The topological polar surface area (TPSA) is 26.3 Å². The minimum absolute atomic E-state index is 0.925. The molecule has 0 aliphatic rings. The summed E-state index contributed by atoms with van der Waals surface area (Å²) >= 11 is 6.75. The predicted octanol–water partition coefficient (Wildman–Crippen LogP) is 6.39. The fraction of sp³-hybridized carbons (Fsp3) is 0. The molecule has 2 aromatic carbocycles. The molecule has 0 fully saturated rings. The highest BCUT2D eigenvalue weighted by molar-refractivity contribution is 9.11. The van der Waals surface area contributed by atoms with Crippen molar-refractivity contribution in [3.05, 3.63) is 70.0 Å². The van der Waals surface area contributed by atoms with E-state index in [0.717, 1.165) is 30.9 Å². The molecule has 2 nitrogen and oxygen atoms in total. The number of rotatable bonds is 0. The standard InChI is InChI=1S/2C8H5BrO/c2*9-7-5-10-8-4-2-1-3-6(7)8/h2*1-5H. The van der Waals surface area contributed by atoms with Crippen molar-refractivity contribution >= 4 is 53.8 Å². The molecule has 0 amide bonds. The van der Waals surface area contributed by atoms with Crippen LogP contribution in [-0.2, 0) is 0 Å². The van der Waals surface area contributed by atoms with Gasteiger partial charge in [0, 0.05) is 10.8 Å². The first kappa shape index (κ1) is 13.5. The highest BCUT2D eigenvalue weighted by atomic mass is 79.9. The van der Waals surface area contributed by atoms with Crippen molar-refractivity contribution in [1.29, 1.82) is 0 Å². The maximum absolute atomic E-state index is 5.20. The molecule has 0 radical (unpaired) electrons. The van der Waals surface area contributed by atoms with Crippen LogP contribution in [0.25, 0.3) is 21.9 Å². The molecular weight excluding hydrogens is 384 g/mol. The van der Waals surface area contributed by atoms with E-state index >= 15 is 0 Å². The number of hydrogen-bond donors (Lipinski definition) is 0. The van der Waals surface area contributed by atoms with E-state index in [-0.39, 0.29) is 0 Å². The molecule has 0 aliphatic carbocycles. The van der Waals surface area contributed by atoms with Crippen LogP contribution in [0.4, 0.5) is 0 Å². The third-order valence-corrected chi connectivity index (χ3v) is 4.10. The average Bonchev–Trinajstić information content (AvgIpc) is 3.05. The second-order valence-corrected chi connectivity index (χ2v) is 5.87. The average molecular weight is 394 g/mol. The molecular formula is C16H10Br2O2. The Balaban J connectivity index is 0.000000121. The van der Waals surface area contributed by atoms with Gasteiger partial charge in [0.2, 0.25) is 0 Å². The van der Waals surface area contributed by atoms with Crippen LogP contribution in [-0.4, -0.2) is 0 Å². The summed E-state index contributed by atoms with van der Waals surface area (Å²) in [7, 11) is 0. The molecule has 0 spiro atoms. The Labute approximate surface area is 132 Å². The Kier molecular flexibility index (Phi) is 3.94. The molecule has 0 unspecified atom stereocenters. The molecule has 0 atom stereocenters. The maximum atomic E-state index is 5.20. The van der Waals surface area contributed by atoms with E-state index < -0.39 is 0 Å². The number of fused-ring (bicyclic) bond motifs is 2. The zero-order valence-corrected chi connectivity index (χ0v) is 13.5. The van der Waals surface area contributed by atoms with Crippen LogP contribution < -0.4 is 0 Å². The number of hydrogen-bond acceptors (Lipinski definition) is 2. The van der Waals surface area contributed by atoms with Gasteiger partial charge in [-0.1, -0.05) is 24.3 Å². The van der Waals surface area contributed by atoms with E-state index in [1.54, 1.807) is 12.5 Å². The lowest BCUT2D eigenvalue weighted by atomic mass is 10.3. The fourth-order valence-electron chi connectivity index (χ4n) is 1.89. The lowest BCUT2D eigenvalue weighted by molar-refractivity contribution is 0.613. The monoisotopic (exact) mass is 392 g/mol. The van der Waals surface area contributed by atoms with Crippen molar-refractivity contribution in [2.45, 2.75) is 0 Å². The Bertz CT molecular complexity index is 774. The largest absolute Gasteiger partial charge is 0.463 e. The molecule has 0 bridgehead atoms. The van der Waals surface area contributed by atoms with Crippen molar-refractivity contribution in [3.63, 3.8) is 0 Å². The molecule has 4 rings (SSSR count). The molecule has 0 N–H and O–H groups in total. The molecule has 2 heterocycles. The summed E-state index contributed by atoms with van der Waals surface area (Å²) in [5.41, 5.74) is 1.85. The van der Waals surface area contributed by atoms with Gasteiger partial charge in [0.05, 0.1) is 8.95 Å². The smallest absolute Gasteiger partial charge is 0.135 e. The highest BCUT2D eigenvalue weighted by Gasteiger charge is 1.99. The van der Waals surface area contributed by atoms with Crippen molar-refractivity contribution in [1.82, 2.24) is 0 Å². The van der Waals surface area contributed by atoms with Crippen LogP contribution in [0, 0.1) is 0 Å². The lowest BCUT2D eigenvalue weighted by Crippen LogP contribution is -1.60. The molecule has 2 aromatic heterocycles. The lowest BCUT2D eigenvalue weighted by Gasteiger charge is -1.83. The molecule has 0 saturated carbocycles. The van der Waals surface area contributed by atoms with Crippen LogP contribution in [0.1, 0.15) is 0 Å². The van der Waals surface area contributed by atoms with Crippen LogP contribution in [0.15, 0.2) is 78.8 Å². The quantitative estimate of drug-likeness (QED) is 0.346. The zero-order valence-electron chi connectivity index (χ0n) is 10.3. The van der Waals surface area contributed by atoms with Crippen molar-refractivity contribution in [2.75, 3.05) is 0 Å². The van der Waals surface area contributed by atoms with E-state index in [0.29, 0.717) is 0 Å². The molecule has 4 aromatic rings. The third kappa shape index (κ3) is 2.67. The first-order valence-corrected chi connectivity index (χ1v) is 7.58. The number of para-hydroxylation sites is 2. The Morgan fingerprint density at radius 2 is 1.00 bits per heavy atom. The summed E-state index contributed by atoms with van der Waals surface area (Å²) in [6.45, 7) is 0. The van der Waals surface area contributed by atoms with E-state index in [1.165, 1.54) is 0 Å². The summed E-state index contributed by atoms with van der Waals surface area (Å²) in [6.07, 6.45) is 3.40. The SMILES string of the molecule is Brc1coc2ccccc12.Brc1coc2ccccc12. The van der Waals surface area contributed by atoms with Gasteiger partial charge in [-0.05, 0) is 56.1 Å². The van der Waals surface area contributed by atoms with Crippen molar-refractivity contribution in [2.24, 2.45) is 0 Å². The van der Waals surface area contributed by atoms with Gasteiger partial charge >= 0.3 is 0 Å². The minimum Gasteiger partial charge on any atom is -0.463 e. The molecule has 0 saturated heterocycles. The predicted molar refractivity (Wildman–Crippen MR) is 87.8 cm³/mol. The van der Waals surface area contributed by atoms with Crippen LogP contribution in [0.2, 0.25) is 0 Å². The third-order valence-electron chi connectivity index (χ3n) is 2.87. The second-order valence-electron chi connectivity index (χ2n) is 4.16. The first-order valence-electron chi connectivity index (χ1n) is 5.99. The van der Waals surface area contributed by atoms with E-state index in [9.17, 15) is 0 Å². The van der Waals surface area contributed by atoms with Gasteiger partial charge in [-0.25, -0.2) is 0 Å². The number of halogens is 2. The Morgan fingerprint density at radius 3 is 1.40 bits per heavy atom. The molecule has 20 heavy (non-hydrogen) atoms. The summed E-state index contributed by atoms with van der Waals surface area (Å²) in [4.78, 5) is 0. The minimum atomic E-state index is 0.925. The van der Waals surface area contributed by atoms with Gasteiger partial charge < -0.3 is 8.83 Å². The van der Waals surface area contributed by atoms with Gasteiger partial charge in [0.25, 0.3) is 0 Å². The van der Waals surface area contributed by atoms with Gasteiger partial charge in [-0.2, -0.15) is 0 Å². The van der Waals surface area contributed by atoms with Crippen LogP contribution >= 0.6 is 31.9 Å². The number of benzene rings is 2. The van der Waals surface area contributed by atoms with E-state index in [1.807, 2.05) is 48.5 Å². The van der Waals surface area contributed by atoms with Crippen LogP contribution in [0.3, 0.4) is 0 Å². The van der Waals surface area contributed by atoms with Gasteiger partial charge in [-0.3, -0.25) is 0 Å². The van der Waals surface area contributed by atoms with Gasteiger partial charge in [0.15, 0.2) is 0 Å². The Morgan fingerprint density at radius 1 is 0.600 bits per heavy atom. The first-order chi connectivity index (χ1) is 9.75. The molecule has 100 valence electrons. The normalized spacial score (nSPS) is 10.5. The summed E-state index contributed by atoms with van der Waals surface area (Å²) in [5, 5.41) is 2.25. The van der Waals surface area contributed by atoms with E-state index in [2.05, 4.69) is 31.9 Å². The highest BCUT2D eigenvalue weighted by Crippen LogP contribution is 2.25. The fourth-order valence-corrected chi connectivity index (χ4v) is 2.73. The van der Waals surface area contributed by atoms with E-state index in [4.69, 9.17) is 8.83 Å². The second kappa shape index (κ2) is 5.85. The summed E-state index contributed by atoms with van der Waals surface area (Å²) in [5.74, 6) is 0. The Hall–Kier alpha value is -1.52. The summed E-state index contributed by atoms with van der Waals surface area (Å²) in [6, 6.07) is 15.8. The van der Waals surface area contributed by atoms with Gasteiger partial charge in [-0.15, -0.1) is 0 Å². The summed E-state index contributed by atoms with van der Waals surface area (Å²) < 4.78 is 12.4.